The first-order chi connectivity index (χ1) is 9.95. The molecular weight excluding hydrogens is 281 g/mol. The van der Waals surface area contributed by atoms with Gasteiger partial charge in [-0.25, -0.2) is 0 Å². The van der Waals surface area contributed by atoms with Crippen molar-refractivity contribution in [1.82, 2.24) is 10.2 Å². The lowest BCUT2D eigenvalue weighted by atomic mass is 10.1. The molecule has 1 fully saturated rings. The summed E-state index contributed by atoms with van der Waals surface area (Å²) in [5, 5.41) is 20.1. The van der Waals surface area contributed by atoms with Gasteiger partial charge in [-0.15, -0.1) is 0 Å². The maximum absolute atomic E-state index is 13.0. The Hall–Kier alpha value is -1.31. The van der Waals surface area contributed by atoms with Gasteiger partial charge in [0.25, 0.3) is 0 Å². The number of alkyl halides is 3. The molecule has 0 aromatic carbocycles. The Kier molecular flexibility index (Phi) is 6.94. The van der Waals surface area contributed by atoms with Crippen molar-refractivity contribution in [3.05, 3.63) is 0 Å². The molecule has 0 bridgehead atoms. The van der Waals surface area contributed by atoms with Gasteiger partial charge in [0.1, 0.15) is 12.1 Å². The minimum absolute atomic E-state index is 0.180. The smallest absolute Gasteiger partial charge is 0.277 e. The second-order valence-corrected chi connectivity index (χ2v) is 5.30. The molecule has 4 nitrogen and oxygen atoms in total. The lowest BCUT2D eigenvalue weighted by Gasteiger charge is -2.27. The number of unbranched alkanes of at least 4 members (excludes halogenated alkanes) is 5. The third kappa shape index (κ3) is 4.87. The quantitative estimate of drug-likeness (QED) is 0.734. The molecule has 1 rings (SSSR count). The van der Waals surface area contributed by atoms with E-state index in [0.29, 0.717) is 6.42 Å². The largest absolute Gasteiger partial charge is 0.417 e. The molecule has 1 N–H and O–H groups in total. The van der Waals surface area contributed by atoms with Crippen LogP contribution in [-0.4, -0.2) is 35.9 Å². The van der Waals surface area contributed by atoms with Crippen LogP contribution in [0.2, 0.25) is 0 Å². The van der Waals surface area contributed by atoms with Gasteiger partial charge in [-0.1, -0.05) is 39.0 Å². The zero-order valence-electron chi connectivity index (χ0n) is 12.2. The first-order valence-corrected chi connectivity index (χ1v) is 7.33. The molecule has 0 aromatic heterocycles. The highest BCUT2D eigenvalue weighted by molar-refractivity contribution is 5.16. The van der Waals surface area contributed by atoms with Crippen molar-refractivity contribution in [2.75, 3.05) is 6.54 Å². The van der Waals surface area contributed by atoms with Gasteiger partial charge in [-0.3, -0.25) is 10.2 Å². The molecule has 0 spiro atoms. The Labute approximate surface area is 123 Å². The maximum Gasteiger partial charge on any atom is 0.417 e. The summed E-state index contributed by atoms with van der Waals surface area (Å²) >= 11 is 0. The van der Waals surface area contributed by atoms with E-state index in [-0.39, 0.29) is 6.54 Å². The zero-order chi connectivity index (χ0) is 15.9. The van der Waals surface area contributed by atoms with Crippen molar-refractivity contribution in [3.8, 4) is 12.1 Å². The Balaban J connectivity index is 2.57. The number of nitrogens with one attached hydrogen (secondary N) is 1. The first-order valence-electron chi connectivity index (χ1n) is 7.33. The maximum atomic E-state index is 13.0. The van der Waals surface area contributed by atoms with E-state index in [1.165, 1.54) is 0 Å². The summed E-state index contributed by atoms with van der Waals surface area (Å²) in [4.78, 5) is 1.08. The fraction of sp³-hybridized carbons (Fsp3) is 0.857. The number of nitriles is 2. The van der Waals surface area contributed by atoms with Gasteiger partial charge >= 0.3 is 6.18 Å². The fourth-order valence-electron chi connectivity index (χ4n) is 2.59. The van der Waals surface area contributed by atoms with Gasteiger partial charge < -0.3 is 0 Å². The van der Waals surface area contributed by atoms with E-state index in [2.05, 4.69) is 12.2 Å². The van der Waals surface area contributed by atoms with Gasteiger partial charge in [0.15, 0.2) is 6.17 Å². The molecule has 1 heterocycles. The molecule has 3 atom stereocenters. The predicted molar refractivity (Wildman–Crippen MR) is 71.9 cm³/mol. The van der Waals surface area contributed by atoms with E-state index in [0.717, 1.165) is 37.0 Å². The van der Waals surface area contributed by atoms with Crippen molar-refractivity contribution in [1.29, 1.82) is 10.5 Å². The number of hydrogen-bond donors (Lipinski definition) is 1. The molecule has 1 aliphatic heterocycles. The molecule has 1 aliphatic rings. The highest BCUT2D eigenvalue weighted by atomic mass is 19.4. The molecule has 0 amide bonds. The van der Waals surface area contributed by atoms with Gasteiger partial charge in [0, 0.05) is 6.54 Å². The van der Waals surface area contributed by atoms with Crippen LogP contribution in [0.15, 0.2) is 0 Å². The van der Waals surface area contributed by atoms with Crippen LogP contribution in [0.25, 0.3) is 0 Å². The average molecular weight is 302 g/mol. The van der Waals surface area contributed by atoms with E-state index < -0.39 is 24.4 Å². The van der Waals surface area contributed by atoms with Gasteiger partial charge in [-0.05, 0) is 6.42 Å². The second-order valence-electron chi connectivity index (χ2n) is 5.30. The lowest BCUT2D eigenvalue weighted by molar-refractivity contribution is -0.183. The number of halogens is 3. The average Bonchev–Trinajstić information content (AvgIpc) is 2.80. The first kappa shape index (κ1) is 17.7. The third-order valence-electron chi connectivity index (χ3n) is 3.69. The standard InChI is InChI=1S/C14H21F3N4/c1-2-3-4-5-6-7-8-21-12(10-19)11(9-18)20-13(21)14(15,16)17/h11-13,20H,2-8H2,1H3. The van der Waals surface area contributed by atoms with Crippen molar-refractivity contribution in [2.24, 2.45) is 0 Å². The fourth-order valence-corrected chi connectivity index (χ4v) is 2.59. The molecule has 0 aliphatic carbocycles. The topological polar surface area (TPSA) is 62.9 Å². The highest BCUT2D eigenvalue weighted by Gasteiger charge is 2.53. The number of rotatable bonds is 7. The van der Waals surface area contributed by atoms with Crippen molar-refractivity contribution in [2.45, 2.75) is 69.9 Å². The SMILES string of the molecule is CCCCCCCCN1C(C#N)C(C#N)NC1C(F)(F)F. The predicted octanol–water partition coefficient (Wildman–Crippen LogP) is 2.92. The summed E-state index contributed by atoms with van der Waals surface area (Å²) in [5.74, 6) is 0. The Morgan fingerprint density at radius 1 is 1.05 bits per heavy atom. The van der Waals surface area contributed by atoms with Crippen molar-refractivity contribution >= 4 is 0 Å². The lowest BCUT2D eigenvalue weighted by Crippen LogP contribution is -2.49. The van der Waals surface area contributed by atoms with Crippen LogP contribution < -0.4 is 5.32 Å². The molecule has 0 aromatic rings. The van der Waals surface area contributed by atoms with Crippen molar-refractivity contribution < 1.29 is 13.2 Å². The Morgan fingerprint density at radius 3 is 2.19 bits per heavy atom. The van der Waals surface area contributed by atoms with Crippen LogP contribution in [-0.2, 0) is 0 Å². The van der Waals surface area contributed by atoms with Gasteiger partial charge in [0.05, 0.1) is 12.1 Å². The zero-order valence-corrected chi connectivity index (χ0v) is 12.2. The second kappa shape index (κ2) is 8.21. The number of hydrogen-bond acceptors (Lipinski definition) is 4. The van der Waals surface area contributed by atoms with E-state index in [1.54, 1.807) is 6.07 Å². The normalized spacial score (nSPS) is 26.5. The molecule has 0 radical (unpaired) electrons. The van der Waals surface area contributed by atoms with E-state index >= 15 is 0 Å². The minimum atomic E-state index is -4.48. The summed E-state index contributed by atoms with van der Waals surface area (Å²) in [6.07, 6.45) is -0.610. The minimum Gasteiger partial charge on any atom is -0.277 e. The van der Waals surface area contributed by atoms with E-state index in [1.807, 2.05) is 6.07 Å². The summed E-state index contributed by atoms with van der Waals surface area (Å²) in [6.45, 7) is 2.28. The van der Waals surface area contributed by atoms with Crippen LogP contribution in [0.5, 0.6) is 0 Å². The summed E-state index contributed by atoms with van der Waals surface area (Å²) in [6, 6.07) is 1.42. The molecular formula is C14H21F3N4. The van der Waals surface area contributed by atoms with Crippen LogP contribution in [0.1, 0.15) is 45.4 Å². The van der Waals surface area contributed by atoms with Gasteiger partial charge in [0.2, 0.25) is 0 Å². The number of nitrogens with zero attached hydrogens (tertiary/aromatic N) is 3. The molecule has 3 unspecified atom stereocenters. The molecule has 7 heteroatoms. The molecule has 1 saturated heterocycles. The van der Waals surface area contributed by atoms with Gasteiger partial charge in [-0.2, -0.15) is 23.7 Å². The Bertz CT molecular complexity index is 396. The van der Waals surface area contributed by atoms with Crippen LogP contribution >= 0.6 is 0 Å². The van der Waals surface area contributed by atoms with Crippen molar-refractivity contribution in [3.63, 3.8) is 0 Å². The van der Waals surface area contributed by atoms with E-state index in [4.69, 9.17) is 10.5 Å². The molecule has 0 saturated carbocycles. The molecule has 21 heavy (non-hydrogen) atoms. The monoisotopic (exact) mass is 302 g/mol. The Morgan fingerprint density at radius 2 is 1.67 bits per heavy atom. The third-order valence-corrected chi connectivity index (χ3v) is 3.69. The van der Waals surface area contributed by atoms with E-state index in [9.17, 15) is 13.2 Å². The van der Waals surface area contributed by atoms with Crippen LogP contribution in [0.4, 0.5) is 13.2 Å². The summed E-state index contributed by atoms with van der Waals surface area (Å²) < 4.78 is 38.9. The van der Waals surface area contributed by atoms with Crippen LogP contribution in [0, 0.1) is 22.7 Å². The summed E-state index contributed by atoms with van der Waals surface area (Å²) in [5.41, 5.74) is 0. The summed E-state index contributed by atoms with van der Waals surface area (Å²) in [7, 11) is 0. The highest BCUT2D eigenvalue weighted by Crippen LogP contribution is 2.30. The van der Waals surface area contributed by atoms with Crippen LogP contribution in [0.3, 0.4) is 0 Å². The molecule has 118 valence electrons.